The van der Waals surface area contributed by atoms with Crippen molar-refractivity contribution in [1.82, 2.24) is 0 Å². The number of nitrogens with one attached hydrogen (secondary N) is 1. The first-order valence-corrected chi connectivity index (χ1v) is 6.03. The van der Waals surface area contributed by atoms with Crippen molar-refractivity contribution in [2.75, 3.05) is 11.9 Å². The van der Waals surface area contributed by atoms with Gasteiger partial charge in [-0.05, 0) is 0 Å². The van der Waals surface area contributed by atoms with Crippen molar-refractivity contribution in [2.45, 2.75) is 12.6 Å². The third-order valence-corrected chi connectivity index (χ3v) is 3.06. The van der Waals surface area contributed by atoms with Crippen LogP contribution in [0.2, 0.25) is 5.02 Å². The predicted molar refractivity (Wildman–Crippen MR) is 75.6 cm³/mol. The molecule has 0 aliphatic heterocycles. The lowest BCUT2D eigenvalue weighted by molar-refractivity contribution is -0.787. The van der Waals surface area contributed by atoms with E-state index < -0.39 is 49.0 Å². The van der Waals surface area contributed by atoms with Crippen LogP contribution in [0.3, 0.4) is 0 Å². The first-order chi connectivity index (χ1) is 10.5. The molecule has 1 rings (SSSR count). The monoisotopic (exact) mass is 349 g/mol. The molecule has 1 aromatic rings. The Kier molecular flexibility index (Phi) is 4.96. The maximum atomic E-state index is 11.0. The minimum absolute atomic E-state index is 0.305. The lowest BCUT2D eigenvalue weighted by atomic mass is 10.2. The van der Waals surface area contributed by atoms with Gasteiger partial charge in [0.15, 0.2) is 12.2 Å². The van der Waals surface area contributed by atoms with Crippen molar-refractivity contribution < 1.29 is 19.7 Å². The molecular weight excluding hydrogens is 342 g/mol. The van der Waals surface area contributed by atoms with Crippen LogP contribution in [0.4, 0.5) is 17.1 Å². The van der Waals surface area contributed by atoms with E-state index in [2.05, 4.69) is 0 Å². The average molecular weight is 350 g/mol. The molecule has 23 heavy (non-hydrogen) atoms. The summed E-state index contributed by atoms with van der Waals surface area (Å²) in [6.07, 6.45) is 0. The van der Waals surface area contributed by atoms with Crippen LogP contribution >= 0.6 is 11.6 Å². The van der Waals surface area contributed by atoms with Crippen LogP contribution in [0.15, 0.2) is 12.1 Å². The summed E-state index contributed by atoms with van der Waals surface area (Å²) >= 11 is 5.55. The average Bonchev–Trinajstić information content (AvgIpc) is 2.43. The van der Waals surface area contributed by atoms with E-state index in [1.54, 1.807) is 0 Å². The fourth-order valence-corrected chi connectivity index (χ4v) is 1.71. The summed E-state index contributed by atoms with van der Waals surface area (Å²) in [6.45, 7) is -0.357. The van der Waals surface area contributed by atoms with Crippen molar-refractivity contribution in [1.29, 1.82) is 0 Å². The third kappa shape index (κ3) is 3.57. The van der Waals surface area contributed by atoms with E-state index >= 15 is 0 Å². The zero-order chi connectivity index (χ0) is 17.9. The van der Waals surface area contributed by atoms with Crippen LogP contribution < -0.4 is 5.32 Å². The number of hydrogen-bond acceptors (Lipinski definition) is 9. The van der Waals surface area contributed by atoms with Gasteiger partial charge < -0.3 is 5.32 Å². The van der Waals surface area contributed by atoms with Crippen LogP contribution in [0.25, 0.3) is 0 Å². The summed E-state index contributed by atoms with van der Waals surface area (Å²) in [5.74, 6) is 0. The topological polar surface area (TPSA) is 185 Å². The zero-order valence-electron chi connectivity index (χ0n) is 11.3. The molecular formula is C9H8ClN5O8. The number of benzene rings is 1. The second-order valence-corrected chi connectivity index (χ2v) is 4.85. The maximum absolute atomic E-state index is 11.0. The van der Waals surface area contributed by atoms with E-state index in [-0.39, 0.29) is 5.02 Å². The number of halogens is 1. The fourth-order valence-electron chi connectivity index (χ4n) is 1.50. The molecule has 1 aromatic carbocycles. The predicted octanol–water partition coefficient (Wildman–Crippen LogP) is 1.84. The summed E-state index contributed by atoms with van der Waals surface area (Å²) in [7, 11) is 0. The molecule has 0 unspecified atom stereocenters. The molecule has 0 aliphatic rings. The van der Waals surface area contributed by atoms with Crippen molar-refractivity contribution >= 4 is 28.7 Å². The van der Waals surface area contributed by atoms with Gasteiger partial charge in [0.2, 0.25) is 0 Å². The van der Waals surface area contributed by atoms with Crippen molar-refractivity contribution in [2.24, 2.45) is 0 Å². The van der Waals surface area contributed by atoms with Gasteiger partial charge in [-0.3, -0.25) is 40.5 Å². The molecule has 13 nitrogen and oxygen atoms in total. The fraction of sp³-hybridized carbons (Fsp3) is 0.333. The Morgan fingerprint density at radius 1 is 1.00 bits per heavy atom. The molecule has 1 N–H and O–H groups in total. The number of anilines is 1. The molecule has 0 amide bonds. The van der Waals surface area contributed by atoms with E-state index in [1.165, 1.54) is 0 Å². The van der Waals surface area contributed by atoms with E-state index in [0.717, 1.165) is 12.1 Å². The largest absolute Gasteiger partial charge is 0.472 e. The van der Waals surface area contributed by atoms with Gasteiger partial charge in [-0.25, -0.2) is 0 Å². The first-order valence-electron chi connectivity index (χ1n) is 5.66. The van der Waals surface area contributed by atoms with Crippen LogP contribution in [0.1, 0.15) is 6.92 Å². The first kappa shape index (κ1) is 18.0. The molecule has 0 fully saturated rings. The van der Waals surface area contributed by atoms with E-state index in [1.807, 2.05) is 5.32 Å². The van der Waals surface area contributed by atoms with Crippen LogP contribution in [0, 0.1) is 40.5 Å². The molecule has 0 saturated heterocycles. The van der Waals surface area contributed by atoms with Gasteiger partial charge in [0.1, 0.15) is 9.85 Å². The minimum Gasteiger partial charge on any atom is -0.361 e. The highest BCUT2D eigenvalue weighted by atomic mass is 35.5. The normalized spacial score (nSPS) is 10.9. The third-order valence-electron chi connectivity index (χ3n) is 2.84. The lowest BCUT2D eigenvalue weighted by Crippen LogP contribution is -2.49. The summed E-state index contributed by atoms with van der Waals surface area (Å²) in [4.78, 5) is 39.1. The van der Waals surface area contributed by atoms with Crippen molar-refractivity contribution in [3.8, 4) is 0 Å². The Balaban J connectivity index is 3.37. The summed E-state index contributed by atoms with van der Waals surface area (Å²) in [6, 6.07) is 1.57. The van der Waals surface area contributed by atoms with Gasteiger partial charge in [-0.15, -0.1) is 0 Å². The molecule has 0 atom stereocenters. The molecule has 0 aromatic heterocycles. The molecule has 0 spiro atoms. The summed E-state index contributed by atoms with van der Waals surface area (Å²) in [5.41, 5.74) is -5.11. The number of rotatable bonds is 7. The number of hydrogen-bond donors (Lipinski definition) is 1. The van der Waals surface area contributed by atoms with Gasteiger partial charge >= 0.3 is 17.0 Å². The number of nitro groups is 4. The van der Waals surface area contributed by atoms with Gasteiger partial charge in [-0.2, -0.15) is 0 Å². The van der Waals surface area contributed by atoms with E-state index in [4.69, 9.17) is 11.6 Å². The maximum Gasteiger partial charge on any atom is 0.472 e. The molecule has 124 valence electrons. The van der Waals surface area contributed by atoms with E-state index in [9.17, 15) is 40.5 Å². The van der Waals surface area contributed by atoms with Crippen molar-refractivity contribution in [3.05, 3.63) is 57.6 Å². The molecule has 0 saturated carbocycles. The molecule has 0 heterocycles. The smallest absolute Gasteiger partial charge is 0.361 e. The molecule has 0 bridgehead atoms. The summed E-state index contributed by atoms with van der Waals surface area (Å²) < 4.78 is 0. The summed E-state index contributed by atoms with van der Waals surface area (Å²) in [5, 5.41) is 45.3. The molecule has 14 heteroatoms. The second kappa shape index (κ2) is 6.35. The SMILES string of the molecule is CC(CNc1c([N+](=O)[O-])cc(Cl)cc1[N+](=O)[O-])([N+](=O)[O-])[N+](=O)[O-]. The van der Waals surface area contributed by atoms with E-state index in [0.29, 0.717) is 6.92 Å². The Hall–Kier alpha value is -3.09. The van der Waals surface area contributed by atoms with Gasteiger partial charge in [0.25, 0.3) is 0 Å². The minimum atomic E-state index is -2.73. The van der Waals surface area contributed by atoms with Crippen molar-refractivity contribution in [3.63, 3.8) is 0 Å². The van der Waals surface area contributed by atoms with Gasteiger partial charge in [-0.1, -0.05) is 11.6 Å². The second-order valence-electron chi connectivity index (χ2n) is 4.42. The standard InChI is InChI=1S/C9H8ClN5O8/c1-9(14(20)21,15(22)23)4-11-8-6(12(16)17)2-5(10)3-7(8)13(18)19/h2-3,11H,4H2,1H3. The Morgan fingerprint density at radius 3 is 1.70 bits per heavy atom. The van der Waals surface area contributed by atoms with Gasteiger partial charge in [0, 0.05) is 12.1 Å². The highest BCUT2D eigenvalue weighted by Gasteiger charge is 2.51. The van der Waals surface area contributed by atoms with Gasteiger partial charge in [0.05, 0.1) is 21.8 Å². The quantitative estimate of drug-likeness (QED) is 0.435. The Morgan fingerprint density at radius 2 is 1.39 bits per heavy atom. The lowest BCUT2D eigenvalue weighted by Gasteiger charge is -2.14. The highest BCUT2D eigenvalue weighted by molar-refractivity contribution is 6.31. The Labute approximate surface area is 131 Å². The zero-order valence-corrected chi connectivity index (χ0v) is 12.1. The van der Waals surface area contributed by atoms with Crippen LogP contribution in [-0.4, -0.2) is 31.9 Å². The number of nitrogens with zero attached hydrogens (tertiary/aromatic N) is 4. The molecule has 0 aliphatic carbocycles. The van der Waals surface area contributed by atoms with Crippen LogP contribution in [-0.2, 0) is 0 Å². The Bertz CT molecular complexity index is 658. The molecule has 0 radical (unpaired) electrons. The van der Waals surface area contributed by atoms with Crippen LogP contribution in [0.5, 0.6) is 0 Å². The number of nitro benzene ring substituents is 2. The highest BCUT2D eigenvalue weighted by Crippen LogP contribution is 2.37.